The molecule has 0 spiro atoms. The maximum absolute atomic E-state index is 12.4. The van der Waals surface area contributed by atoms with Crippen molar-refractivity contribution in [2.24, 2.45) is 5.92 Å². The summed E-state index contributed by atoms with van der Waals surface area (Å²) in [5.74, 6) is 1.98. The van der Waals surface area contributed by atoms with Gasteiger partial charge in [0, 0.05) is 31.0 Å². The first-order valence-electron chi connectivity index (χ1n) is 9.47. The van der Waals surface area contributed by atoms with Gasteiger partial charge >= 0.3 is 0 Å². The van der Waals surface area contributed by atoms with Crippen LogP contribution in [0.2, 0.25) is 0 Å². The van der Waals surface area contributed by atoms with Crippen molar-refractivity contribution >= 4 is 28.2 Å². The Bertz CT molecular complexity index is 815. The van der Waals surface area contributed by atoms with Crippen LogP contribution in [0.5, 0.6) is 5.75 Å². The van der Waals surface area contributed by atoms with Crippen molar-refractivity contribution < 1.29 is 14.3 Å². The van der Waals surface area contributed by atoms with Crippen LogP contribution in [-0.4, -0.2) is 43.8 Å². The number of hydrogen-bond donors (Lipinski definition) is 1. The Morgan fingerprint density at radius 2 is 2.11 bits per heavy atom. The van der Waals surface area contributed by atoms with Crippen molar-refractivity contribution in [2.45, 2.75) is 26.2 Å². The highest BCUT2D eigenvalue weighted by Gasteiger charge is 2.33. The van der Waals surface area contributed by atoms with Gasteiger partial charge in [-0.15, -0.1) is 0 Å². The monoisotopic (exact) mass is 387 g/mol. The molecule has 1 aromatic heterocycles. The minimum atomic E-state index is -0.0237. The summed E-state index contributed by atoms with van der Waals surface area (Å²) in [7, 11) is 0. The van der Waals surface area contributed by atoms with Crippen molar-refractivity contribution in [3.05, 3.63) is 34.7 Å². The standard InChI is InChI=1S/C20H25N3O3S/c1-13(2)12-26-16-6-4-3-5-14(16)15-11-17(24)21-19-18(15)27-20(22-19)23-7-9-25-10-8-23/h3-6,13,15H,7-12H2,1-2H3,(H,21,24). The summed E-state index contributed by atoms with van der Waals surface area (Å²) in [6.45, 7) is 8.01. The summed E-state index contributed by atoms with van der Waals surface area (Å²) in [6.07, 6.45) is 0.416. The Kier molecular flexibility index (Phi) is 5.31. The van der Waals surface area contributed by atoms with Crippen molar-refractivity contribution in [1.29, 1.82) is 0 Å². The lowest BCUT2D eigenvalue weighted by atomic mass is 9.91. The number of morpholine rings is 1. The smallest absolute Gasteiger partial charge is 0.226 e. The van der Waals surface area contributed by atoms with Crippen LogP contribution >= 0.6 is 11.3 Å². The number of carbonyl (C=O) groups excluding carboxylic acids is 1. The molecule has 2 aliphatic heterocycles. The van der Waals surface area contributed by atoms with E-state index in [1.807, 2.05) is 18.2 Å². The Balaban J connectivity index is 1.67. The van der Waals surface area contributed by atoms with Gasteiger partial charge in [-0.3, -0.25) is 4.79 Å². The number of amides is 1. The van der Waals surface area contributed by atoms with E-state index in [0.717, 1.165) is 34.4 Å². The third-order valence-electron chi connectivity index (χ3n) is 4.75. The molecule has 6 nitrogen and oxygen atoms in total. The van der Waals surface area contributed by atoms with E-state index < -0.39 is 0 Å². The molecule has 0 bridgehead atoms. The zero-order valence-corrected chi connectivity index (χ0v) is 16.6. The summed E-state index contributed by atoms with van der Waals surface area (Å²) in [4.78, 5) is 20.4. The second-order valence-corrected chi connectivity index (χ2v) is 8.37. The molecule has 1 atom stereocenters. The molecule has 27 heavy (non-hydrogen) atoms. The van der Waals surface area contributed by atoms with Crippen molar-refractivity contribution in [3.8, 4) is 5.75 Å². The highest BCUT2D eigenvalue weighted by Crippen LogP contribution is 2.45. The molecular formula is C20H25N3O3S. The van der Waals surface area contributed by atoms with E-state index in [1.54, 1.807) is 11.3 Å². The molecule has 3 heterocycles. The van der Waals surface area contributed by atoms with Crippen LogP contribution in [0.3, 0.4) is 0 Å². The molecule has 4 rings (SSSR count). The van der Waals surface area contributed by atoms with Crippen molar-refractivity contribution in [3.63, 3.8) is 0 Å². The number of fused-ring (bicyclic) bond motifs is 1. The molecule has 1 unspecified atom stereocenters. The number of carbonyl (C=O) groups is 1. The third kappa shape index (κ3) is 3.94. The van der Waals surface area contributed by atoms with Gasteiger partial charge in [0.25, 0.3) is 0 Å². The van der Waals surface area contributed by atoms with Crippen LogP contribution in [0.4, 0.5) is 10.9 Å². The van der Waals surface area contributed by atoms with Crippen LogP contribution in [0, 0.1) is 5.92 Å². The van der Waals surface area contributed by atoms with Gasteiger partial charge in [0.05, 0.1) is 24.7 Å². The van der Waals surface area contributed by atoms with Crippen LogP contribution in [0.1, 0.15) is 36.6 Å². The minimum Gasteiger partial charge on any atom is -0.493 e. The second kappa shape index (κ2) is 7.86. The number of para-hydroxylation sites is 1. The van der Waals surface area contributed by atoms with Crippen molar-refractivity contribution in [2.75, 3.05) is 43.1 Å². The molecule has 144 valence electrons. The summed E-state index contributed by atoms with van der Waals surface area (Å²) >= 11 is 1.67. The molecule has 0 saturated carbocycles. The maximum Gasteiger partial charge on any atom is 0.226 e. The normalized spacial score (nSPS) is 19.7. The molecular weight excluding hydrogens is 362 g/mol. The number of ether oxygens (including phenoxy) is 2. The zero-order chi connectivity index (χ0) is 18.8. The van der Waals surface area contributed by atoms with E-state index in [4.69, 9.17) is 14.5 Å². The Labute approximate surface area is 163 Å². The lowest BCUT2D eigenvalue weighted by molar-refractivity contribution is -0.116. The van der Waals surface area contributed by atoms with E-state index in [9.17, 15) is 4.79 Å². The van der Waals surface area contributed by atoms with Crippen LogP contribution in [-0.2, 0) is 9.53 Å². The number of anilines is 2. The molecule has 2 aromatic rings. The second-order valence-electron chi connectivity index (χ2n) is 7.36. The van der Waals surface area contributed by atoms with Gasteiger partial charge in [0.15, 0.2) is 5.13 Å². The van der Waals surface area contributed by atoms with Crippen LogP contribution in [0.25, 0.3) is 0 Å². The lowest BCUT2D eigenvalue weighted by Gasteiger charge is -2.26. The van der Waals surface area contributed by atoms with Gasteiger partial charge in [-0.25, -0.2) is 4.98 Å². The highest BCUT2D eigenvalue weighted by atomic mass is 32.1. The average molecular weight is 388 g/mol. The third-order valence-corrected chi connectivity index (χ3v) is 5.98. The number of nitrogens with zero attached hydrogens (tertiary/aromatic N) is 2. The molecule has 1 fully saturated rings. The fraction of sp³-hybridized carbons (Fsp3) is 0.500. The first kappa shape index (κ1) is 18.3. The summed E-state index contributed by atoms with van der Waals surface area (Å²) in [5, 5.41) is 3.91. The quantitative estimate of drug-likeness (QED) is 0.851. The van der Waals surface area contributed by atoms with E-state index >= 15 is 0 Å². The van der Waals surface area contributed by atoms with Gasteiger partial charge in [0.2, 0.25) is 5.91 Å². The Hall–Kier alpha value is -2.12. The first-order chi connectivity index (χ1) is 13.1. The SMILES string of the molecule is CC(C)COc1ccccc1C1CC(=O)Nc2nc(N3CCOCC3)sc21. The van der Waals surface area contributed by atoms with Gasteiger partial charge in [-0.2, -0.15) is 0 Å². The minimum absolute atomic E-state index is 0.00462. The number of benzene rings is 1. The Morgan fingerprint density at radius 1 is 1.33 bits per heavy atom. The maximum atomic E-state index is 12.4. The first-order valence-corrected chi connectivity index (χ1v) is 10.3. The molecule has 2 aliphatic rings. The molecule has 7 heteroatoms. The van der Waals surface area contributed by atoms with Crippen molar-refractivity contribution in [1.82, 2.24) is 4.98 Å². The van der Waals surface area contributed by atoms with Crippen LogP contribution in [0.15, 0.2) is 24.3 Å². The number of thiazole rings is 1. The topological polar surface area (TPSA) is 63.7 Å². The fourth-order valence-corrected chi connectivity index (χ4v) is 4.60. The van der Waals surface area contributed by atoms with E-state index in [1.165, 1.54) is 0 Å². The predicted molar refractivity (Wildman–Crippen MR) is 107 cm³/mol. The van der Waals surface area contributed by atoms with Gasteiger partial charge in [0.1, 0.15) is 11.6 Å². The zero-order valence-electron chi connectivity index (χ0n) is 15.7. The lowest BCUT2D eigenvalue weighted by Crippen LogP contribution is -2.36. The van der Waals surface area contributed by atoms with E-state index in [-0.39, 0.29) is 11.8 Å². The number of aromatic nitrogens is 1. The molecule has 0 aliphatic carbocycles. The molecule has 1 saturated heterocycles. The predicted octanol–water partition coefficient (Wildman–Crippen LogP) is 3.49. The summed E-state index contributed by atoms with van der Waals surface area (Å²) in [6, 6.07) is 8.05. The fourth-order valence-electron chi connectivity index (χ4n) is 3.40. The largest absolute Gasteiger partial charge is 0.493 e. The number of rotatable bonds is 5. The van der Waals surface area contributed by atoms with E-state index in [2.05, 4.69) is 30.1 Å². The molecule has 1 amide bonds. The Morgan fingerprint density at radius 3 is 2.89 bits per heavy atom. The van der Waals surface area contributed by atoms with Gasteiger partial charge in [-0.05, 0) is 12.0 Å². The van der Waals surface area contributed by atoms with Gasteiger partial charge < -0.3 is 19.7 Å². The van der Waals surface area contributed by atoms with E-state index in [0.29, 0.717) is 38.0 Å². The van der Waals surface area contributed by atoms with Gasteiger partial charge in [-0.1, -0.05) is 43.4 Å². The summed E-state index contributed by atoms with van der Waals surface area (Å²) < 4.78 is 11.5. The van der Waals surface area contributed by atoms with Crippen LogP contribution < -0.4 is 15.0 Å². The number of hydrogen-bond acceptors (Lipinski definition) is 6. The number of nitrogens with one attached hydrogen (secondary N) is 1. The average Bonchev–Trinajstić information content (AvgIpc) is 3.10. The molecule has 1 N–H and O–H groups in total. The summed E-state index contributed by atoms with van der Waals surface area (Å²) in [5.41, 5.74) is 1.06. The molecule has 0 radical (unpaired) electrons. The highest BCUT2D eigenvalue weighted by molar-refractivity contribution is 7.16. The molecule has 1 aromatic carbocycles.